The predicted octanol–water partition coefficient (Wildman–Crippen LogP) is 2.21. The number of fused-ring (bicyclic) bond motifs is 1. The van der Waals surface area contributed by atoms with Crippen LogP contribution in [0.15, 0.2) is 30.3 Å². The molecule has 0 aliphatic carbocycles. The number of ether oxygens (including phenoxy) is 2. The Bertz CT molecular complexity index is 502. The summed E-state index contributed by atoms with van der Waals surface area (Å²) in [6.45, 7) is 2.76. The lowest BCUT2D eigenvalue weighted by Crippen LogP contribution is -2.06. The van der Waals surface area contributed by atoms with E-state index >= 15 is 0 Å². The van der Waals surface area contributed by atoms with Gasteiger partial charge in [0.1, 0.15) is 5.76 Å². The van der Waals surface area contributed by atoms with Gasteiger partial charge in [-0.15, -0.1) is 0 Å². The zero-order valence-electron chi connectivity index (χ0n) is 9.60. The molecule has 0 aromatic heterocycles. The van der Waals surface area contributed by atoms with Gasteiger partial charge in [0.05, 0.1) is 0 Å². The van der Waals surface area contributed by atoms with Gasteiger partial charge in [0.15, 0.2) is 5.78 Å². The fraction of sp³-hybridized carbons (Fsp3) is 0.231. The molecule has 1 aliphatic rings. The number of carbonyl (C=O) groups is 2. The van der Waals surface area contributed by atoms with Gasteiger partial charge in [-0.25, -0.2) is 0 Å². The van der Waals surface area contributed by atoms with E-state index in [9.17, 15) is 9.59 Å². The molecule has 1 aromatic carbocycles. The maximum atomic E-state index is 11.1. The molecule has 17 heavy (non-hydrogen) atoms. The van der Waals surface area contributed by atoms with Crippen molar-refractivity contribution < 1.29 is 19.1 Å². The highest BCUT2D eigenvalue weighted by molar-refractivity contribution is 5.94. The first-order valence-electron chi connectivity index (χ1n) is 5.23. The molecule has 2 rings (SSSR count). The Balaban J connectivity index is 2.39. The standard InChI is InChI=1S/C13H12O4/c1-8(14)7-12-10-5-3-4-6-11(10)13(17-12)16-9(2)15/h3-7,13H,1-2H3/b12-7-. The van der Waals surface area contributed by atoms with Crippen LogP contribution in [-0.4, -0.2) is 11.8 Å². The quantitative estimate of drug-likeness (QED) is 0.579. The molecule has 1 unspecified atom stereocenters. The smallest absolute Gasteiger partial charge is 0.305 e. The fourth-order valence-corrected chi connectivity index (χ4v) is 1.70. The number of hydrogen-bond acceptors (Lipinski definition) is 4. The van der Waals surface area contributed by atoms with Crippen molar-refractivity contribution in [1.82, 2.24) is 0 Å². The Morgan fingerprint density at radius 3 is 2.65 bits per heavy atom. The number of rotatable bonds is 2. The number of benzene rings is 1. The van der Waals surface area contributed by atoms with Gasteiger partial charge in [0, 0.05) is 24.1 Å². The van der Waals surface area contributed by atoms with Crippen LogP contribution >= 0.6 is 0 Å². The first-order chi connectivity index (χ1) is 8.08. The highest BCUT2D eigenvalue weighted by Crippen LogP contribution is 2.38. The summed E-state index contributed by atoms with van der Waals surface area (Å²) in [7, 11) is 0. The number of esters is 1. The van der Waals surface area contributed by atoms with Crippen LogP contribution in [0, 0.1) is 0 Å². The van der Waals surface area contributed by atoms with Crippen molar-refractivity contribution in [2.75, 3.05) is 0 Å². The number of carbonyl (C=O) groups excluding carboxylic acids is 2. The molecule has 1 heterocycles. The predicted molar refractivity (Wildman–Crippen MR) is 60.7 cm³/mol. The Morgan fingerprint density at radius 1 is 1.29 bits per heavy atom. The lowest BCUT2D eigenvalue weighted by Gasteiger charge is -2.10. The topological polar surface area (TPSA) is 52.6 Å². The van der Waals surface area contributed by atoms with Crippen molar-refractivity contribution >= 4 is 17.5 Å². The largest absolute Gasteiger partial charge is 0.450 e. The number of hydrogen-bond donors (Lipinski definition) is 0. The average molecular weight is 232 g/mol. The fourth-order valence-electron chi connectivity index (χ4n) is 1.70. The van der Waals surface area contributed by atoms with Crippen LogP contribution in [0.2, 0.25) is 0 Å². The molecule has 0 amide bonds. The zero-order chi connectivity index (χ0) is 12.4. The van der Waals surface area contributed by atoms with Gasteiger partial charge in [0.25, 0.3) is 6.29 Å². The lowest BCUT2D eigenvalue weighted by molar-refractivity contribution is -0.163. The second-order valence-electron chi connectivity index (χ2n) is 3.77. The summed E-state index contributed by atoms with van der Waals surface area (Å²) >= 11 is 0. The van der Waals surface area contributed by atoms with Crippen LogP contribution in [0.5, 0.6) is 0 Å². The molecular formula is C13H12O4. The average Bonchev–Trinajstić information content (AvgIpc) is 2.56. The van der Waals surface area contributed by atoms with Gasteiger partial charge < -0.3 is 9.47 Å². The Kier molecular flexibility index (Phi) is 2.95. The normalized spacial score (nSPS) is 19.6. The highest BCUT2D eigenvalue weighted by atomic mass is 16.7. The van der Waals surface area contributed by atoms with Crippen molar-refractivity contribution in [3.05, 3.63) is 41.5 Å². The maximum Gasteiger partial charge on any atom is 0.305 e. The number of ketones is 1. The summed E-state index contributed by atoms with van der Waals surface area (Å²) in [6.07, 6.45) is 0.636. The van der Waals surface area contributed by atoms with Crippen LogP contribution in [0.25, 0.3) is 5.76 Å². The summed E-state index contributed by atoms with van der Waals surface area (Å²) in [5.41, 5.74) is 1.55. The van der Waals surface area contributed by atoms with Crippen LogP contribution < -0.4 is 0 Å². The third-order valence-electron chi connectivity index (χ3n) is 2.32. The minimum atomic E-state index is -0.755. The Hall–Kier alpha value is -2.10. The van der Waals surface area contributed by atoms with Crippen molar-refractivity contribution in [3.63, 3.8) is 0 Å². The summed E-state index contributed by atoms with van der Waals surface area (Å²) in [6, 6.07) is 7.30. The van der Waals surface area contributed by atoms with Crippen molar-refractivity contribution in [3.8, 4) is 0 Å². The second-order valence-corrected chi connectivity index (χ2v) is 3.77. The van der Waals surface area contributed by atoms with E-state index in [2.05, 4.69) is 0 Å². The molecule has 88 valence electrons. The van der Waals surface area contributed by atoms with E-state index in [1.165, 1.54) is 19.9 Å². The third kappa shape index (κ3) is 2.36. The van der Waals surface area contributed by atoms with Gasteiger partial charge in [-0.1, -0.05) is 24.3 Å². The monoisotopic (exact) mass is 232 g/mol. The van der Waals surface area contributed by atoms with E-state index in [-0.39, 0.29) is 5.78 Å². The van der Waals surface area contributed by atoms with Gasteiger partial charge in [-0.05, 0) is 6.92 Å². The van der Waals surface area contributed by atoms with Crippen molar-refractivity contribution in [2.24, 2.45) is 0 Å². The molecule has 0 radical (unpaired) electrons. The maximum absolute atomic E-state index is 11.1. The molecule has 4 heteroatoms. The molecule has 0 fully saturated rings. The van der Waals surface area contributed by atoms with E-state index < -0.39 is 12.3 Å². The first-order valence-corrected chi connectivity index (χ1v) is 5.23. The van der Waals surface area contributed by atoms with Crippen molar-refractivity contribution in [2.45, 2.75) is 20.1 Å². The van der Waals surface area contributed by atoms with E-state index in [1.807, 2.05) is 24.3 Å². The molecule has 0 bridgehead atoms. The van der Waals surface area contributed by atoms with E-state index in [0.717, 1.165) is 11.1 Å². The van der Waals surface area contributed by atoms with Gasteiger partial charge >= 0.3 is 5.97 Å². The summed E-state index contributed by atoms with van der Waals surface area (Å²) in [5.74, 6) is -0.0912. The summed E-state index contributed by atoms with van der Waals surface area (Å²) in [5, 5.41) is 0. The summed E-state index contributed by atoms with van der Waals surface area (Å²) < 4.78 is 10.5. The molecule has 1 aliphatic heterocycles. The Morgan fingerprint density at radius 2 is 2.00 bits per heavy atom. The van der Waals surface area contributed by atoms with E-state index in [4.69, 9.17) is 9.47 Å². The van der Waals surface area contributed by atoms with Gasteiger partial charge in [-0.2, -0.15) is 0 Å². The molecule has 0 N–H and O–H groups in total. The zero-order valence-corrected chi connectivity index (χ0v) is 9.60. The first kappa shape index (κ1) is 11.4. The molecular weight excluding hydrogens is 220 g/mol. The SMILES string of the molecule is CC(=O)/C=C1\OC(OC(C)=O)c2ccccc21. The van der Waals surface area contributed by atoms with Crippen LogP contribution in [0.3, 0.4) is 0 Å². The van der Waals surface area contributed by atoms with Crippen LogP contribution in [0.1, 0.15) is 31.3 Å². The summed E-state index contributed by atoms with van der Waals surface area (Å²) in [4.78, 5) is 22.0. The highest BCUT2D eigenvalue weighted by Gasteiger charge is 2.30. The van der Waals surface area contributed by atoms with E-state index in [1.54, 1.807) is 0 Å². The molecule has 4 nitrogen and oxygen atoms in total. The molecule has 0 saturated heterocycles. The third-order valence-corrected chi connectivity index (χ3v) is 2.32. The second kappa shape index (κ2) is 4.41. The minimum Gasteiger partial charge on any atom is -0.450 e. The molecule has 1 atom stereocenters. The van der Waals surface area contributed by atoms with Crippen LogP contribution in [0.4, 0.5) is 0 Å². The van der Waals surface area contributed by atoms with Crippen molar-refractivity contribution in [1.29, 1.82) is 0 Å². The molecule has 1 aromatic rings. The van der Waals surface area contributed by atoms with Gasteiger partial charge in [0.2, 0.25) is 0 Å². The number of allylic oxidation sites excluding steroid dienone is 1. The van der Waals surface area contributed by atoms with Crippen LogP contribution in [-0.2, 0) is 19.1 Å². The van der Waals surface area contributed by atoms with Gasteiger partial charge in [-0.3, -0.25) is 9.59 Å². The van der Waals surface area contributed by atoms with E-state index in [0.29, 0.717) is 5.76 Å². The Labute approximate surface area is 98.8 Å². The lowest BCUT2D eigenvalue weighted by atomic mass is 10.1. The molecule has 0 spiro atoms. The minimum absolute atomic E-state index is 0.113. The molecule has 0 saturated carbocycles.